The van der Waals surface area contributed by atoms with Gasteiger partial charge in [0, 0.05) is 5.92 Å². The quantitative estimate of drug-likeness (QED) is 0.0906. The number of aliphatic hydroxyl groups excluding tert-OH is 1. The Morgan fingerprint density at radius 2 is 1.51 bits per heavy atom. The molecule has 3 N–H and O–H groups in total. The lowest BCUT2D eigenvalue weighted by Crippen LogP contribution is -2.50. The van der Waals surface area contributed by atoms with Crippen LogP contribution in [0.15, 0.2) is 90.0 Å². The topological polar surface area (TPSA) is 159 Å². The molecule has 6 rings (SSSR count). The van der Waals surface area contributed by atoms with Crippen molar-refractivity contribution in [3.8, 4) is 11.5 Å². The number of anilines is 1. The maximum Gasteiger partial charge on any atom is 0.280 e. The highest BCUT2D eigenvalue weighted by atomic mass is 28.4. The molecular formula is C41H51N5O8Si. The number of aromatic amines is 1. The number of amides is 1. The summed E-state index contributed by atoms with van der Waals surface area (Å²) >= 11 is 0. The Bertz CT molecular complexity index is 2100. The number of aromatic nitrogens is 4. The number of fused-ring (bicyclic) bond motifs is 1. The van der Waals surface area contributed by atoms with Gasteiger partial charge in [-0.25, -0.2) is 4.98 Å². The van der Waals surface area contributed by atoms with E-state index in [0.717, 1.165) is 16.7 Å². The number of hydrogen-bond acceptors (Lipinski definition) is 10. The first-order valence-electron chi connectivity index (χ1n) is 18.4. The van der Waals surface area contributed by atoms with E-state index in [9.17, 15) is 14.7 Å². The van der Waals surface area contributed by atoms with E-state index in [0.29, 0.717) is 11.5 Å². The predicted molar refractivity (Wildman–Crippen MR) is 212 cm³/mol. The van der Waals surface area contributed by atoms with Crippen LogP contribution in [0.4, 0.5) is 5.95 Å². The number of aliphatic hydroxyl groups is 1. The molecule has 1 saturated heterocycles. The molecule has 3 aromatic carbocycles. The van der Waals surface area contributed by atoms with Gasteiger partial charge in [0.25, 0.3) is 5.56 Å². The number of hydrogen-bond donors (Lipinski definition) is 3. The first-order chi connectivity index (χ1) is 26.1. The maximum absolute atomic E-state index is 13.1. The van der Waals surface area contributed by atoms with E-state index in [1.165, 1.54) is 10.9 Å². The van der Waals surface area contributed by atoms with Gasteiger partial charge in [0.2, 0.25) is 11.9 Å². The lowest BCUT2D eigenvalue weighted by Gasteiger charge is -2.41. The third kappa shape index (κ3) is 7.82. The van der Waals surface area contributed by atoms with Gasteiger partial charge in [-0.05, 0) is 59.1 Å². The first-order valence-corrected chi connectivity index (χ1v) is 21.3. The molecule has 3 heterocycles. The lowest BCUT2D eigenvalue weighted by molar-refractivity contribution is -0.118. The average molecular weight is 770 g/mol. The van der Waals surface area contributed by atoms with Crippen LogP contribution in [0.25, 0.3) is 11.2 Å². The van der Waals surface area contributed by atoms with Crippen LogP contribution in [0, 0.1) is 5.92 Å². The summed E-state index contributed by atoms with van der Waals surface area (Å²) in [6.07, 6.45) is -2.52. The third-order valence-corrected chi connectivity index (χ3v) is 15.1. The lowest BCUT2D eigenvalue weighted by atomic mass is 9.80. The monoisotopic (exact) mass is 769 g/mol. The molecule has 4 atom stereocenters. The highest BCUT2D eigenvalue weighted by Gasteiger charge is 2.52. The van der Waals surface area contributed by atoms with Crippen molar-refractivity contribution < 1.29 is 33.3 Å². The summed E-state index contributed by atoms with van der Waals surface area (Å²) in [4.78, 5) is 37.1. The smallest absolute Gasteiger partial charge is 0.280 e. The SMILES string of the molecule is COc1ccc(C(OC[C@H]2O[C@@H](n3cnc4c(=O)[nH]c(NC(=O)C(C)C)nc43)C(O)C2O[Si](C)(C)C(C)(C)C)(c2ccccc2)c2ccc(OC)cc2)cc1. The van der Waals surface area contributed by atoms with Crippen molar-refractivity contribution in [3.63, 3.8) is 0 Å². The second-order valence-electron chi connectivity index (χ2n) is 15.6. The minimum absolute atomic E-state index is 0.0177. The molecule has 55 heavy (non-hydrogen) atoms. The molecule has 13 nitrogen and oxygen atoms in total. The van der Waals surface area contributed by atoms with E-state index in [-0.39, 0.29) is 40.6 Å². The van der Waals surface area contributed by atoms with Crippen LogP contribution in [-0.4, -0.2) is 78.0 Å². The molecule has 0 radical (unpaired) electrons. The maximum atomic E-state index is 13.1. The van der Waals surface area contributed by atoms with Crippen LogP contribution >= 0.6 is 0 Å². The van der Waals surface area contributed by atoms with E-state index < -0.39 is 44.0 Å². The number of methoxy groups -OCH3 is 2. The number of ether oxygens (including phenoxy) is 4. The first kappa shape index (κ1) is 39.8. The van der Waals surface area contributed by atoms with E-state index in [1.54, 1.807) is 28.1 Å². The van der Waals surface area contributed by atoms with Crippen molar-refractivity contribution in [2.75, 3.05) is 26.1 Å². The van der Waals surface area contributed by atoms with Gasteiger partial charge in [-0.15, -0.1) is 0 Å². The molecule has 2 aromatic heterocycles. The van der Waals surface area contributed by atoms with Crippen molar-refractivity contribution in [2.45, 2.75) is 82.9 Å². The van der Waals surface area contributed by atoms with Crippen molar-refractivity contribution >= 4 is 31.3 Å². The van der Waals surface area contributed by atoms with Gasteiger partial charge < -0.3 is 28.5 Å². The minimum Gasteiger partial charge on any atom is -0.497 e. The van der Waals surface area contributed by atoms with Gasteiger partial charge in [-0.2, -0.15) is 4.98 Å². The van der Waals surface area contributed by atoms with Crippen LogP contribution in [0.5, 0.6) is 11.5 Å². The molecule has 0 saturated carbocycles. The zero-order chi connectivity index (χ0) is 39.7. The molecule has 0 bridgehead atoms. The van der Waals surface area contributed by atoms with Gasteiger partial charge in [0.1, 0.15) is 35.4 Å². The molecule has 0 aliphatic carbocycles. The molecular weight excluding hydrogens is 719 g/mol. The number of nitrogens with zero attached hydrogens (tertiary/aromatic N) is 3. The van der Waals surface area contributed by atoms with Gasteiger partial charge >= 0.3 is 0 Å². The number of carbonyl (C=O) groups is 1. The second-order valence-corrected chi connectivity index (χ2v) is 20.4. The van der Waals surface area contributed by atoms with Crippen LogP contribution < -0.4 is 20.3 Å². The minimum atomic E-state index is -2.52. The molecule has 1 amide bonds. The Kier molecular flexibility index (Phi) is 11.4. The van der Waals surface area contributed by atoms with Gasteiger partial charge in [-0.1, -0.05) is 89.2 Å². The largest absolute Gasteiger partial charge is 0.497 e. The molecule has 1 aliphatic rings. The fourth-order valence-electron chi connectivity index (χ4n) is 6.46. The molecule has 5 aromatic rings. The Morgan fingerprint density at radius 1 is 0.945 bits per heavy atom. The zero-order valence-electron chi connectivity index (χ0n) is 32.8. The number of carbonyl (C=O) groups excluding carboxylic acids is 1. The highest BCUT2D eigenvalue weighted by molar-refractivity contribution is 6.74. The van der Waals surface area contributed by atoms with Gasteiger partial charge in [-0.3, -0.25) is 24.5 Å². The molecule has 0 spiro atoms. The summed E-state index contributed by atoms with van der Waals surface area (Å²) < 4.78 is 33.5. The number of H-pyrrole nitrogens is 1. The predicted octanol–water partition coefficient (Wildman–Crippen LogP) is 6.39. The summed E-state index contributed by atoms with van der Waals surface area (Å²) in [5, 5.41) is 14.6. The third-order valence-electron chi connectivity index (χ3n) is 10.7. The van der Waals surface area contributed by atoms with Crippen LogP contribution in [-0.2, 0) is 24.3 Å². The number of benzene rings is 3. The summed E-state index contributed by atoms with van der Waals surface area (Å²) in [7, 11) is 0.725. The molecule has 2 unspecified atom stereocenters. The fourth-order valence-corrected chi connectivity index (χ4v) is 7.79. The van der Waals surface area contributed by atoms with Crippen LogP contribution in [0.1, 0.15) is 57.5 Å². The van der Waals surface area contributed by atoms with E-state index in [2.05, 4.69) is 54.1 Å². The molecule has 292 valence electrons. The van der Waals surface area contributed by atoms with E-state index in [1.807, 2.05) is 78.9 Å². The fraction of sp³-hybridized carbons (Fsp3) is 0.415. The Morgan fingerprint density at radius 3 is 2.04 bits per heavy atom. The standard InChI is InChI=1S/C41H51N5O8Si/c1-25(2)36(48)44-39-43-35-32(37(49)45-39)42-24-46(35)38-33(47)34(54-55(8,9)40(3,4)5)31(53-38)23-52-41(26-13-11-10-12-14-26,27-15-19-29(50-6)20-16-27)28-17-21-30(51-7)22-18-28/h10-22,24-25,31,33-34,38,47H,23H2,1-9H3,(H2,43,44,45,48,49)/t31-,33?,34?,38-/m1/s1. The molecule has 1 fully saturated rings. The highest BCUT2D eigenvalue weighted by Crippen LogP contribution is 2.45. The normalized spacial score (nSPS) is 19.2. The van der Waals surface area contributed by atoms with Crippen LogP contribution in [0.3, 0.4) is 0 Å². The zero-order valence-corrected chi connectivity index (χ0v) is 33.8. The van der Waals surface area contributed by atoms with Gasteiger partial charge in [0.15, 0.2) is 25.7 Å². The summed E-state index contributed by atoms with van der Waals surface area (Å²) in [5.41, 5.74) is 0.992. The van der Waals surface area contributed by atoms with Crippen molar-refractivity contribution in [2.24, 2.45) is 5.92 Å². The second kappa shape index (κ2) is 15.7. The summed E-state index contributed by atoms with van der Waals surface area (Å²) in [6, 6.07) is 25.4. The molecule has 1 aliphatic heterocycles. The van der Waals surface area contributed by atoms with Crippen LogP contribution in [0.2, 0.25) is 18.1 Å². The Labute approximate surface area is 322 Å². The number of imidazole rings is 1. The Hall–Kier alpha value is -4.86. The van der Waals surface area contributed by atoms with Crippen molar-refractivity contribution in [1.82, 2.24) is 19.5 Å². The summed E-state index contributed by atoms with van der Waals surface area (Å²) in [5.74, 6) is 0.687. The number of nitrogens with one attached hydrogen (secondary N) is 2. The van der Waals surface area contributed by atoms with E-state index in [4.69, 9.17) is 23.4 Å². The average Bonchev–Trinajstić information content (AvgIpc) is 3.72. The Balaban J connectivity index is 1.45. The van der Waals surface area contributed by atoms with E-state index >= 15 is 0 Å². The molecule has 14 heteroatoms. The summed E-state index contributed by atoms with van der Waals surface area (Å²) in [6.45, 7) is 14.1. The number of rotatable bonds is 13. The van der Waals surface area contributed by atoms with Crippen molar-refractivity contribution in [1.29, 1.82) is 0 Å². The van der Waals surface area contributed by atoms with Crippen molar-refractivity contribution in [3.05, 3.63) is 112 Å². The van der Waals surface area contributed by atoms with Gasteiger partial charge in [0.05, 0.1) is 27.2 Å².